The van der Waals surface area contributed by atoms with E-state index in [1.165, 1.54) is 19.3 Å². The molecule has 2 N–H and O–H groups in total. The van der Waals surface area contributed by atoms with Gasteiger partial charge in [0.05, 0.1) is 0 Å². The number of nitrogens with zero attached hydrogens (tertiary/aromatic N) is 4. The number of hydrogen-bond acceptors (Lipinski definition) is 5. The molecule has 2 saturated heterocycles. The van der Waals surface area contributed by atoms with Crippen molar-refractivity contribution >= 4 is 34.9 Å². The summed E-state index contributed by atoms with van der Waals surface area (Å²) in [6.45, 7) is 15.1. The minimum atomic E-state index is -0.1000. The maximum atomic E-state index is 5.47. The van der Waals surface area contributed by atoms with Gasteiger partial charge in [0.2, 0.25) is 5.95 Å². The molecular weight excluding hydrogens is 356 g/mol. The summed E-state index contributed by atoms with van der Waals surface area (Å²) in [6, 6.07) is 2.15. The van der Waals surface area contributed by atoms with Crippen molar-refractivity contribution in [1.29, 1.82) is 0 Å². The molecule has 0 aromatic carbocycles. The van der Waals surface area contributed by atoms with Gasteiger partial charge in [-0.05, 0) is 64.1 Å². The maximum absolute atomic E-state index is 5.47. The molecule has 0 unspecified atom stereocenters. The van der Waals surface area contributed by atoms with Crippen LogP contribution >= 0.6 is 12.2 Å². The van der Waals surface area contributed by atoms with Gasteiger partial charge in [-0.15, -0.1) is 0 Å². The Labute approximate surface area is 169 Å². The Morgan fingerprint density at radius 3 is 2.15 bits per heavy atom. The van der Waals surface area contributed by atoms with E-state index in [2.05, 4.69) is 61.1 Å². The van der Waals surface area contributed by atoms with Gasteiger partial charge in [-0.25, -0.2) is 0 Å². The van der Waals surface area contributed by atoms with Crippen LogP contribution in [0.3, 0.4) is 0 Å². The first-order chi connectivity index (χ1) is 12.7. The second-order valence-electron chi connectivity index (χ2n) is 9.28. The predicted octanol–water partition coefficient (Wildman–Crippen LogP) is 3.64. The molecular formula is C20H34N6S. The van der Waals surface area contributed by atoms with Crippen LogP contribution in [0, 0.1) is 11.8 Å². The monoisotopic (exact) mass is 390 g/mol. The van der Waals surface area contributed by atoms with E-state index >= 15 is 0 Å². The lowest BCUT2D eigenvalue weighted by atomic mass is 9.92. The van der Waals surface area contributed by atoms with Crippen molar-refractivity contribution in [3.05, 3.63) is 6.07 Å². The molecule has 2 fully saturated rings. The first-order valence-corrected chi connectivity index (χ1v) is 10.6. The number of thiocarbonyl (C=S) groups is 1. The number of aromatic nitrogens is 2. The molecule has 0 saturated carbocycles. The lowest BCUT2D eigenvalue weighted by Crippen LogP contribution is -2.43. The van der Waals surface area contributed by atoms with E-state index in [1.807, 2.05) is 0 Å². The van der Waals surface area contributed by atoms with Crippen molar-refractivity contribution in [1.82, 2.24) is 15.3 Å². The molecule has 0 bridgehead atoms. The van der Waals surface area contributed by atoms with Crippen molar-refractivity contribution < 1.29 is 0 Å². The lowest BCUT2D eigenvalue weighted by Gasteiger charge is -2.36. The number of nitrogens with one attached hydrogen (secondary N) is 2. The number of rotatable bonds is 3. The van der Waals surface area contributed by atoms with Crippen LogP contribution in [0.4, 0.5) is 17.6 Å². The Morgan fingerprint density at radius 2 is 1.59 bits per heavy atom. The normalized spacial score (nSPS) is 23.4. The summed E-state index contributed by atoms with van der Waals surface area (Å²) >= 11 is 5.47. The summed E-state index contributed by atoms with van der Waals surface area (Å²) in [5, 5.41) is 7.05. The minimum absolute atomic E-state index is 0.1000. The summed E-state index contributed by atoms with van der Waals surface area (Å²) in [4.78, 5) is 14.3. The third-order valence-corrected chi connectivity index (χ3v) is 5.24. The van der Waals surface area contributed by atoms with Crippen LogP contribution < -0.4 is 20.4 Å². The number of anilines is 3. The summed E-state index contributed by atoms with van der Waals surface area (Å²) < 4.78 is 0. The fraction of sp³-hybridized carbons (Fsp3) is 0.750. The van der Waals surface area contributed by atoms with Crippen molar-refractivity contribution in [3.8, 4) is 0 Å². The van der Waals surface area contributed by atoms with Crippen LogP contribution in [0.25, 0.3) is 0 Å². The van der Waals surface area contributed by atoms with Gasteiger partial charge < -0.3 is 20.4 Å². The molecule has 150 valence electrons. The summed E-state index contributed by atoms with van der Waals surface area (Å²) in [6.07, 6.45) is 3.74. The molecule has 3 rings (SSSR count). The van der Waals surface area contributed by atoms with Crippen molar-refractivity contribution in [2.45, 2.75) is 59.4 Å². The first-order valence-electron chi connectivity index (χ1n) is 10.2. The van der Waals surface area contributed by atoms with E-state index in [-0.39, 0.29) is 5.54 Å². The van der Waals surface area contributed by atoms with Crippen molar-refractivity contribution in [2.75, 3.05) is 41.3 Å². The van der Waals surface area contributed by atoms with Gasteiger partial charge in [-0.2, -0.15) is 9.97 Å². The Kier molecular flexibility index (Phi) is 6.08. The van der Waals surface area contributed by atoms with E-state index in [9.17, 15) is 0 Å². The highest BCUT2D eigenvalue weighted by molar-refractivity contribution is 7.80. The Balaban J connectivity index is 1.85. The number of hydrogen-bond donors (Lipinski definition) is 2. The van der Waals surface area contributed by atoms with Gasteiger partial charge in [-0.1, -0.05) is 13.8 Å². The average Bonchev–Trinajstić information content (AvgIpc) is 3.06. The van der Waals surface area contributed by atoms with Crippen molar-refractivity contribution in [2.24, 2.45) is 11.8 Å². The zero-order valence-electron chi connectivity index (χ0n) is 17.4. The SMILES string of the molecule is C[C@@H]1C[C@@H](C)CN(c2cc(N3CCCC3)nc(NC(=S)NC(C)(C)C)n2)C1. The van der Waals surface area contributed by atoms with E-state index in [4.69, 9.17) is 22.2 Å². The van der Waals surface area contributed by atoms with Crippen LogP contribution in [0.1, 0.15) is 53.9 Å². The van der Waals surface area contributed by atoms with Gasteiger partial charge in [-0.3, -0.25) is 0 Å². The molecule has 0 amide bonds. The maximum Gasteiger partial charge on any atom is 0.232 e. The summed E-state index contributed by atoms with van der Waals surface area (Å²) in [5.74, 6) is 3.95. The molecule has 2 aliphatic rings. The largest absolute Gasteiger partial charge is 0.358 e. The molecule has 6 nitrogen and oxygen atoms in total. The van der Waals surface area contributed by atoms with Gasteiger partial charge in [0.25, 0.3) is 0 Å². The first kappa shape index (κ1) is 20.1. The lowest BCUT2D eigenvalue weighted by molar-refractivity contribution is 0.355. The molecule has 0 aliphatic carbocycles. The molecule has 7 heteroatoms. The van der Waals surface area contributed by atoms with E-state index < -0.39 is 0 Å². The molecule has 1 aromatic rings. The Bertz CT molecular complexity index is 655. The molecule has 0 spiro atoms. The van der Waals surface area contributed by atoms with E-state index in [0.29, 0.717) is 22.9 Å². The highest BCUT2D eigenvalue weighted by Gasteiger charge is 2.25. The fourth-order valence-corrected chi connectivity index (χ4v) is 4.47. The average molecular weight is 391 g/mol. The molecule has 2 atom stereocenters. The third kappa shape index (κ3) is 5.67. The molecule has 0 radical (unpaired) electrons. The smallest absolute Gasteiger partial charge is 0.232 e. The third-order valence-electron chi connectivity index (χ3n) is 5.04. The van der Waals surface area contributed by atoms with Gasteiger partial charge in [0.1, 0.15) is 11.6 Å². The fourth-order valence-electron chi connectivity index (χ4n) is 4.07. The quantitative estimate of drug-likeness (QED) is 0.764. The minimum Gasteiger partial charge on any atom is -0.358 e. The van der Waals surface area contributed by atoms with E-state index in [1.54, 1.807) is 0 Å². The van der Waals surface area contributed by atoms with Crippen LogP contribution in [0.2, 0.25) is 0 Å². The molecule has 3 heterocycles. The van der Waals surface area contributed by atoms with Crippen molar-refractivity contribution in [3.63, 3.8) is 0 Å². The second-order valence-corrected chi connectivity index (χ2v) is 9.69. The zero-order chi connectivity index (χ0) is 19.6. The van der Waals surface area contributed by atoms with Crippen LogP contribution in [-0.4, -0.2) is 46.8 Å². The highest BCUT2D eigenvalue weighted by Crippen LogP contribution is 2.29. The van der Waals surface area contributed by atoms with E-state index in [0.717, 1.165) is 37.8 Å². The Morgan fingerprint density at radius 1 is 1.04 bits per heavy atom. The Hall–Kier alpha value is -1.63. The molecule has 2 aliphatic heterocycles. The van der Waals surface area contributed by atoms with Crippen LogP contribution in [0.5, 0.6) is 0 Å². The zero-order valence-corrected chi connectivity index (χ0v) is 18.2. The molecule has 1 aromatic heterocycles. The topological polar surface area (TPSA) is 56.3 Å². The van der Waals surface area contributed by atoms with Gasteiger partial charge >= 0.3 is 0 Å². The van der Waals surface area contributed by atoms with Crippen LogP contribution in [0.15, 0.2) is 6.07 Å². The predicted molar refractivity (Wildman–Crippen MR) is 118 cm³/mol. The molecule has 27 heavy (non-hydrogen) atoms. The highest BCUT2D eigenvalue weighted by atomic mass is 32.1. The summed E-state index contributed by atoms with van der Waals surface area (Å²) in [7, 11) is 0. The van der Waals surface area contributed by atoms with Gasteiger partial charge in [0.15, 0.2) is 5.11 Å². The second kappa shape index (κ2) is 8.17. The summed E-state index contributed by atoms with van der Waals surface area (Å²) in [5.41, 5.74) is -0.1000. The standard InChI is InChI=1S/C20H34N6S/c1-14-10-15(2)13-26(12-14)17-11-16(25-8-6-7-9-25)21-18(22-17)23-19(27)24-20(3,4)5/h11,14-15H,6-10,12-13H2,1-5H3,(H2,21,22,23,24,27)/t14-,15-/m1/s1. The number of piperidine rings is 1. The van der Waals surface area contributed by atoms with Gasteiger partial charge in [0, 0.05) is 37.8 Å². The van der Waals surface area contributed by atoms with Crippen LogP contribution in [-0.2, 0) is 0 Å².